The molecular formula is C25H40N4O3. The van der Waals surface area contributed by atoms with Crippen LogP contribution in [0.3, 0.4) is 0 Å². The van der Waals surface area contributed by atoms with Crippen LogP contribution in [0.2, 0.25) is 0 Å². The highest BCUT2D eigenvalue weighted by Crippen LogP contribution is 2.68. The summed E-state index contributed by atoms with van der Waals surface area (Å²) in [6.07, 6.45) is 8.56. The van der Waals surface area contributed by atoms with Crippen molar-refractivity contribution in [2.75, 3.05) is 7.11 Å². The molecule has 4 aliphatic rings. The molecule has 7 heteroatoms. The van der Waals surface area contributed by atoms with Crippen LogP contribution in [0.1, 0.15) is 78.0 Å². The van der Waals surface area contributed by atoms with Crippen molar-refractivity contribution in [2.24, 2.45) is 40.4 Å². The number of ketones is 1. The van der Waals surface area contributed by atoms with Crippen LogP contribution in [-0.2, 0) is 16.1 Å². The van der Waals surface area contributed by atoms with Crippen LogP contribution in [0.25, 0.3) is 0 Å². The maximum Gasteiger partial charge on any atom is 0.158 e. The van der Waals surface area contributed by atoms with Gasteiger partial charge in [-0.1, -0.05) is 13.8 Å². The van der Waals surface area contributed by atoms with Crippen LogP contribution < -0.4 is 0 Å². The van der Waals surface area contributed by atoms with Crippen LogP contribution in [0, 0.1) is 47.3 Å². The first-order valence-corrected chi connectivity index (χ1v) is 12.6. The number of aromatic nitrogens is 4. The van der Waals surface area contributed by atoms with Crippen molar-refractivity contribution in [1.82, 2.24) is 20.2 Å². The first-order chi connectivity index (χ1) is 15.1. The van der Waals surface area contributed by atoms with Gasteiger partial charge in [-0.05, 0) is 105 Å². The quantitative estimate of drug-likeness (QED) is 0.763. The number of tetrazole rings is 1. The summed E-state index contributed by atoms with van der Waals surface area (Å²) in [4.78, 5) is 13.5. The number of nitrogens with zero attached hydrogens (tertiary/aromatic N) is 4. The minimum absolute atomic E-state index is 0.000353. The Balaban J connectivity index is 1.42. The fourth-order valence-electron chi connectivity index (χ4n) is 8.90. The summed E-state index contributed by atoms with van der Waals surface area (Å²) in [5.41, 5.74) is -0.368. The third-order valence-corrected chi connectivity index (χ3v) is 10.7. The van der Waals surface area contributed by atoms with Gasteiger partial charge in [-0.15, -0.1) is 5.10 Å². The fourth-order valence-corrected chi connectivity index (χ4v) is 8.90. The number of methoxy groups -OCH3 is 1. The second kappa shape index (κ2) is 7.59. The Labute approximate surface area is 191 Å². The van der Waals surface area contributed by atoms with Crippen molar-refractivity contribution >= 4 is 5.78 Å². The van der Waals surface area contributed by atoms with Crippen LogP contribution in [0.4, 0.5) is 0 Å². The largest absolute Gasteiger partial charge is 0.390 e. The maximum atomic E-state index is 13.5. The van der Waals surface area contributed by atoms with E-state index in [9.17, 15) is 9.90 Å². The number of ether oxygens (including phenoxy) is 1. The predicted molar refractivity (Wildman–Crippen MR) is 120 cm³/mol. The van der Waals surface area contributed by atoms with Gasteiger partial charge >= 0.3 is 0 Å². The zero-order valence-electron chi connectivity index (χ0n) is 20.4. The molecule has 1 aromatic rings. The summed E-state index contributed by atoms with van der Waals surface area (Å²) in [7, 11) is 1.84. The van der Waals surface area contributed by atoms with Crippen molar-refractivity contribution in [3.8, 4) is 0 Å². The van der Waals surface area contributed by atoms with E-state index >= 15 is 0 Å². The molecule has 1 N–H and O–H groups in total. The number of carbonyl (C=O) groups excluding carboxylic acids is 1. The molecule has 0 bridgehead atoms. The lowest BCUT2D eigenvalue weighted by atomic mass is 9.43. The molecule has 0 radical (unpaired) electrons. The van der Waals surface area contributed by atoms with Crippen LogP contribution >= 0.6 is 0 Å². The lowest BCUT2D eigenvalue weighted by Gasteiger charge is -2.63. The van der Waals surface area contributed by atoms with Gasteiger partial charge < -0.3 is 9.84 Å². The van der Waals surface area contributed by atoms with E-state index in [0.717, 1.165) is 38.5 Å². The number of Topliss-reactive ketones (excluding diaryl/α,β-unsaturated/α-hetero) is 1. The van der Waals surface area contributed by atoms with Crippen LogP contribution in [-0.4, -0.2) is 49.9 Å². The number of hydrogen-bond donors (Lipinski definition) is 1. The molecule has 4 fully saturated rings. The number of rotatable bonds is 4. The van der Waals surface area contributed by atoms with Crippen LogP contribution in [0.5, 0.6) is 0 Å². The highest BCUT2D eigenvalue weighted by Gasteiger charge is 2.65. The van der Waals surface area contributed by atoms with Crippen molar-refractivity contribution < 1.29 is 14.6 Å². The Morgan fingerprint density at radius 1 is 1.16 bits per heavy atom. The molecule has 1 heterocycles. The second-order valence-electron chi connectivity index (χ2n) is 12.2. The number of hydrogen-bond acceptors (Lipinski definition) is 6. The number of carbonyl (C=O) groups is 1. The Bertz CT molecular complexity index is 884. The van der Waals surface area contributed by atoms with Gasteiger partial charge in [0.25, 0.3) is 0 Å². The minimum atomic E-state index is -0.514. The van der Waals surface area contributed by atoms with Gasteiger partial charge in [0, 0.05) is 18.4 Å². The molecule has 0 saturated heterocycles. The van der Waals surface area contributed by atoms with E-state index in [1.165, 1.54) is 12.8 Å². The monoisotopic (exact) mass is 444 g/mol. The molecular weight excluding hydrogens is 404 g/mol. The average molecular weight is 445 g/mol. The third kappa shape index (κ3) is 3.21. The first kappa shape index (κ1) is 22.5. The Morgan fingerprint density at radius 2 is 1.94 bits per heavy atom. The fraction of sp³-hybridized carbons (Fsp3) is 0.920. The molecule has 178 valence electrons. The molecule has 0 aliphatic heterocycles. The summed E-state index contributed by atoms with van der Waals surface area (Å²) in [5, 5.41) is 22.4. The Morgan fingerprint density at radius 3 is 2.62 bits per heavy atom. The smallest absolute Gasteiger partial charge is 0.158 e. The third-order valence-electron chi connectivity index (χ3n) is 10.7. The SMILES string of the molecule is CO[C@@H]1C[C@H]2[C@@H](CC[C@H]3C[C@](C)(O)CC[C@@]32C)[C@@H]2CC[C@H](C(=O)Cn3nnnc3C)[C@@]12C. The van der Waals surface area contributed by atoms with E-state index in [1.54, 1.807) is 4.68 Å². The number of aliphatic hydroxyl groups is 1. The minimum Gasteiger partial charge on any atom is -0.390 e. The van der Waals surface area contributed by atoms with E-state index in [1.807, 2.05) is 21.0 Å². The van der Waals surface area contributed by atoms with Gasteiger partial charge in [-0.3, -0.25) is 4.79 Å². The normalized spacial score (nSPS) is 48.1. The summed E-state index contributed by atoms with van der Waals surface area (Å²) >= 11 is 0. The van der Waals surface area contributed by atoms with Gasteiger partial charge in [-0.25, -0.2) is 4.68 Å². The van der Waals surface area contributed by atoms with Gasteiger partial charge in [0.05, 0.1) is 11.7 Å². The Kier molecular flexibility index (Phi) is 5.32. The number of aryl methyl sites for hydroxylation is 1. The summed E-state index contributed by atoms with van der Waals surface area (Å²) in [6, 6.07) is 0. The van der Waals surface area contributed by atoms with E-state index in [2.05, 4.69) is 29.4 Å². The Hall–Kier alpha value is -1.34. The van der Waals surface area contributed by atoms with Crippen molar-refractivity contribution in [1.29, 1.82) is 0 Å². The molecule has 9 atom stereocenters. The zero-order chi connectivity index (χ0) is 22.9. The first-order valence-electron chi connectivity index (χ1n) is 12.6. The topological polar surface area (TPSA) is 90.1 Å². The van der Waals surface area contributed by atoms with Gasteiger partial charge in [0.2, 0.25) is 0 Å². The molecule has 7 nitrogen and oxygen atoms in total. The van der Waals surface area contributed by atoms with E-state index in [0.29, 0.717) is 29.5 Å². The second-order valence-corrected chi connectivity index (χ2v) is 12.2. The molecule has 4 aliphatic carbocycles. The van der Waals surface area contributed by atoms with E-state index < -0.39 is 5.60 Å². The van der Waals surface area contributed by atoms with Crippen molar-refractivity contribution in [3.05, 3.63) is 5.82 Å². The summed E-state index contributed by atoms with van der Waals surface area (Å²) in [6.45, 7) is 8.96. The molecule has 0 spiro atoms. The summed E-state index contributed by atoms with van der Waals surface area (Å²) < 4.78 is 7.84. The highest BCUT2D eigenvalue weighted by atomic mass is 16.5. The molecule has 4 saturated carbocycles. The van der Waals surface area contributed by atoms with E-state index in [4.69, 9.17) is 4.74 Å². The van der Waals surface area contributed by atoms with Crippen molar-refractivity contribution in [2.45, 2.75) is 97.3 Å². The van der Waals surface area contributed by atoms with Gasteiger partial charge in [-0.2, -0.15) is 0 Å². The van der Waals surface area contributed by atoms with Crippen molar-refractivity contribution in [3.63, 3.8) is 0 Å². The molecule has 1 aromatic heterocycles. The molecule has 0 aromatic carbocycles. The molecule has 0 unspecified atom stereocenters. The molecule has 0 amide bonds. The lowest BCUT2D eigenvalue weighted by molar-refractivity contribution is -0.188. The maximum absolute atomic E-state index is 13.5. The average Bonchev–Trinajstić information content (AvgIpc) is 3.30. The van der Waals surface area contributed by atoms with Crippen LogP contribution in [0.15, 0.2) is 0 Å². The highest BCUT2D eigenvalue weighted by molar-refractivity contribution is 5.82. The van der Waals surface area contributed by atoms with Gasteiger partial charge in [0.15, 0.2) is 5.78 Å². The summed E-state index contributed by atoms with van der Waals surface area (Å²) in [5.74, 6) is 3.33. The molecule has 5 rings (SSSR count). The predicted octanol–water partition coefficient (Wildman–Crippen LogP) is 3.59. The van der Waals surface area contributed by atoms with E-state index in [-0.39, 0.29) is 35.2 Å². The number of fused-ring (bicyclic) bond motifs is 5. The standard InChI is InChI=1S/C25H40N4O3/c1-15-26-27-28-29(15)14-21(30)19-9-8-18-17-7-6-16-13-23(2,31)10-11-24(16,3)20(17)12-22(32-5)25(18,19)4/h16-20,22,31H,6-14H2,1-5H3/t16-,17-,18-,19+,20-,22+,23+,24-,25-/m0/s1. The lowest BCUT2D eigenvalue weighted by Crippen LogP contribution is -2.60. The molecule has 32 heavy (non-hydrogen) atoms. The van der Waals surface area contributed by atoms with Gasteiger partial charge in [0.1, 0.15) is 12.4 Å². The zero-order valence-corrected chi connectivity index (χ0v) is 20.4.